The number of hydrogen-bond acceptors (Lipinski definition) is 4. The molecular formula is C19H28ClF3N2O3. The Morgan fingerprint density at radius 3 is 2.50 bits per heavy atom. The van der Waals surface area contributed by atoms with Crippen molar-refractivity contribution >= 4 is 18.3 Å². The second-order valence-electron chi connectivity index (χ2n) is 6.82. The Hall–Kier alpha value is -1.51. The molecule has 1 atom stereocenters. The van der Waals surface area contributed by atoms with Crippen molar-refractivity contribution in [2.24, 2.45) is 5.41 Å². The maximum atomic E-state index is 13.1. The van der Waals surface area contributed by atoms with Gasteiger partial charge in [0.2, 0.25) is 5.91 Å². The standard InChI is InChI=1S/C19H27F3N2O3.ClH/c1-3-14(27-16-7-5-4-6-15(16)19(20,21)22)12-24-17(25)18(13-26-2)8-10-23-11-9-18;/h4-7,14,23H,3,8-13H2,1-2H3,(H,24,25);1H. The molecule has 0 aromatic heterocycles. The quantitative estimate of drug-likeness (QED) is 0.671. The van der Waals surface area contributed by atoms with Crippen molar-refractivity contribution in [3.05, 3.63) is 29.8 Å². The highest BCUT2D eigenvalue weighted by Gasteiger charge is 2.40. The van der Waals surface area contributed by atoms with Crippen LogP contribution in [-0.4, -0.2) is 45.4 Å². The van der Waals surface area contributed by atoms with E-state index in [0.29, 0.717) is 25.9 Å². The number of carbonyl (C=O) groups excluding carboxylic acids is 1. The van der Waals surface area contributed by atoms with Crippen molar-refractivity contribution in [3.63, 3.8) is 0 Å². The van der Waals surface area contributed by atoms with Crippen LogP contribution in [0.15, 0.2) is 24.3 Å². The Balaban J connectivity index is 0.00000392. The molecule has 2 rings (SSSR count). The molecule has 160 valence electrons. The van der Waals surface area contributed by atoms with Gasteiger partial charge in [-0.15, -0.1) is 12.4 Å². The zero-order chi connectivity index (χ0) is 19.9. The minimum atomic E-state index is -4.49. The van der Waals surface area contributed by atoms with Crippen molar-refractivity contribution < 1.29 is 27.4 Å². The molecule has 1 aromatic carbocycles. The number of carbonyl (C=O) groups is 1. The topological polar surface area (TPSA) is 59.6 Å². The first-order valence-corrected chi connectivity index (χ1v) is 9.13. The van der Waals surface area contributed by atoms with E-state index in [4.69, 9.17) is 9.47 Å². The van der Waals surface area contributed by atoms with Crippen LogP contribution in [0.25, 0.3) is 0 Å². The predicted octanol–water partition coefficient (Wildman–Crippen LogP) is 3.42. The lowest BCUT2D eigenvalue weighted by molar-refractivity contribution is -0.140. The van der Waals surface area contributed by atoms with Gasteiger partial charge in [0, 0.05) is 7.11 Å². The van der Waals surface area contributed by atoms with Crippen LogP contribution >= 0.6 is 12.4 Å². The largest absolute Gasteiger partial charge is 0.488 e. The number of ether oxygens (including phenoxy) is 2. The summed E-state index contributed by atoms with van der Waals surface area (Å²) in [6.07, 6.45) is -3.28. The first-order valence-electron chi connectivity index (χ1n) is 9.13. The van der Waals surface area contributed by atoms with E-state index in [0.717, 1.165) is 19.2 Å². The minimum absolute atomic E-state index is 0. The van der Waals surface area contributed by atoms with Crippen molar-refractivity contribution in [1.82, 2.24) is 10.6 Å². The highest BCUT2D eigenvalue weighted by molar-refractivity contribution is 5.85. The van der Waals surface area contributed by atoms with Crippen LogP contribution in [0, 0.1) is 5.41 Å². The fourth-order valence-corrected chi connectivity index (χ4v) is 3.27. The molecule has 0 radical (unpaired) electrons. The first kappa shape index (κ1) is 24.5. The highest BCUT2D eigenvalue weighted by Crippen LogP contribution is 2.36. The molecule has 9 heteroatoms. The second-order valence-corrected chi connectivity index (χ2v) is 6.82. The van der Waals surface area contributed by atoms with E-state index in [-0.39, 0.29) is 30.6 Å². The second kappa shape index (κ2) is 10.9. The van der Waals surface area contributed by atoms with Gasteiger partial charge in [0.25, 0.3) is 0 Å². The van der Waals surface area contributed by atoms with E-state index in [1.165, 1.54) is 18.2 Å². The maximum Gasteiger partial charge on any atom is 0.419 e. The summed E-state index contributed by atoms with van der Waals surface area (Å²) in [5.41, 5.74) is -1.42. The SMILES string of the molecule is CCC(CNC(=O)C1(COC)CCNCC1)Oc1ccccc1C(F)(F)F.Cl. The monoisotopic (exact) mass is 424 g/mol. The third kappa shape index (κ3) is 6.25. The molecule has 1 unspecified atom stereocenters. The van der Waals surface area contributed by atoms with E-state index in [2.05, 4.69) is 10.6 Å². The number of amides is 1. The fraction of sp³-hybridized carbons (Fsp3) is 0.632. The lowest BCUT2D eigenvalue weighted by Gasteiger charge is -2.36. The van der Waals surface area contributed by atoms with Crippen LogP contribution in [0.1, 0.15) is 31.7 Å². The number of methoxy groups -OCH3 is 1. The van der Waals surface area contributed by atoms with Crippen LogP contribution in [0.2, 0.25) is 0 Å². The smallest absolute Gasteiger partial charge is 0.419 e. The summed E-state index contributed by atoms with van der Waals surface area (Å²) in [6, 6.07) is 5.11. The number of alkyl halides is 3. The Labute approximate surface area is 169 Å². The summed E-state index contributed by atoms with van der Waals surface area (Å²) in [5, 5.41) is 6.07. The maximum absolute atomic E-state index is 13.1. The van der Waals surface area contributed by atoms with Gasteiger partial charge in [-0.1, -0.05) is 19.1 Å². The van der Waals surface area contributed by atoms with Gasteiger partial charge in [-0.05, 0) is 44.5 Å². The van der Waals surface area contributed by atoms with Gasteiger partial charge in [-0.2, -0.15) is 13.2 Å². The van der Waals surface area contributed by atoms with E-state index in [9.17, 15) is 18.0 Å². The van der Waals surface area contributed by atoms with Crippen LogP contribution in [-0.2, 0) is 15.7 Å². The number of piperidine rings is 1. The summed E-state index contributed by atoms with van der Waals surface area (Å²) in [7, 11) is 1.56. The average molecular weight is 425 g/mol. The van der Waals surface area contributed by atoms with E-state index < -0.39 is 23.3 Å². The molecule has 1 heterocycles. The molecule has 1 aliphatic heterocycles. The summed E-state index contributed by atoms with van der Waals surface area (Å²) >= 11 is 0. The number of nitrogens with one attached hydrogen (secondary N) is 2. The van der Waals surface area contributed by atoms with E-state index in [1.54, 1.807) is 7.11 Å². The lowest BCUT2D eigenvalue weighted by atomic mass is 9.78. The molecule has 1 aliphatic rings. The number of para-hydroxylation sites is 1. The van der Waals surface area contributed by atoms with Crippen molar-refractivity contribution in [3.8, 4) is 5.75 Å². The number of halogens is 4. The van der Waals surface area contributed by atoms with Crippen LogP contribution in [0.3, 0.4) is 0 Å². The van der Waals surface area contributed by atoms with Crippen LogP contribution in [0.5, 0.6) is 5.75 Å². The molecule has 5 nitrogen and oxygen atoms in total. The first-order chi connectivity index (χ1) is 12.8. The third-order valence-electron chi connectivity index (χ3n) is 4.89. The Morgan fingerprint density at radius 2 is 1.93 bits per heavy atom. The van der Waals surface area contributed by atoms with E-state index >= 15 is 0 Å². The zero-order valence-corrected chi connectivity index (χ0v) is 16.9. The van der Waals surface area contributed by atoms with Crippen molar-refractivity contribution in [2.45, 2.75) is 38.5 Å². The molecule has 28 heavy (non-hydrogen) atoms. The van der Waals surface area contributed by atoms with Crippen LogP contribution < -0.4 is 15.4 Å². The van der Waals surface area contributed by atoms with E-state index in [1.807, 2.05) is 6.92 Å². The molecule has 1 amide bonds. The van der Waals surface area contributed by atoms with Gasteiger partial charge >= 0.3 is 6.18 Å². The lowest BCUT2D eigenvalue weighted by Crippen LogP contribution is -2.51. The van der Waals surface area contributed by atoms with Gasteiger partial charge in [0.05, 0.1) is 24.1 Å². The molecule has 1 saturated heterocycles. The normalized spacial score (nSPS) is 17.3. The van der Waals surface area contributed by atoms with Gasteiger partial charge < -0.3 is 20.1 Å². The van der Waals surface area contributed by atoms with Crippen LogP contribution in [0.4, 0.5) is 13.2 Å². The summed E-state index contributed by atoms with van der Waals surface area (Å²) in [5.74, 6) is -0.364. The molecule has 2 N–H and O–H groups in total. The summed E-state index contributed by atoms with van der Waals surface area (Å²) in [4.78, 5) is 12.8. The minimum Gasteiger partial charge on any atom is -0.488 e. The zero-order valence-electron chi connectivity index (χ0n) is 16.1. The Kier molecular flexibility index (Phi) is 9.53. The Morgan fingerprint density at radius 1 is 1.29 bits per heavy atom. The van der Waals surface area contributed by atoms with Gasteiger partial charge in [0.15, 0.2) is 0 Å². The van der Waals surface area contributed by atoms with Gasteiger partial charge in [0.1, 0.15) is 11.9 Å². The summed E-state index contributed by atoms with van der Waals surface area (Å²) in [6.45, 7) is 3.71. The van der Waals surface area contributed by atoms with Gasteiger partial charge in [-0.25, -0.2) is 0 Å². The number of benzene rings is 1. The molecule has 1 aromatic rings. The molecule has 0 spiro atoms. The molecular weight excluding hydrogens is 397 g/mol. The molecule has 1 fully saturated rings. The van der Waals surface area contributed by atoms with Crippen molar-refractivity contribution in [2.75, 3.05) is 33.4 Å². The average Bonchev–Trinajstić information content (AvgIpc) is 2.65. The number of hydrogen-bond donors (Lipinski definition) is 2. The third-order valence-corrected chi connectivity index (χ3v) is 4.89. The van der Waals surface area contributed by atoms with Gasteiger partial charge in [-0.3, -0.25) is 4.79 Å². The van der Waals surface area contributed by atoms with Crippen molar-refractivity contribution in [1.29, 1.82) is 0 Å². The number of rotatable bonds is 8. The predicted molar refractivity (Wildman–Crippen MR) is 103 cm³/mol. The highest BCUT2D eigenvalue weighted by atomic mass is 35.5. The summed E-state index contributed by atoms with van der Waals surface area (Å²) < 4.78 is 50.2. The molecule has 0 saturated carbocycles. The molecule has 0 aliphatic carbocycles. The fourth-order valence-electron chi connectivity index (χ4n) is 3.27. The molecule has 0 bridgehead atoms. The Bertz CT molecular complexity index is 617.